The summed E-state index contributed by atoms with van der Waals surface area (Å²) in [6.07, 6.45) is 2.78. The Morgan fingerprint density at radius 2 is 2.53 bits per heavy atom. The third kappa shape index (κ3) is 2.15. The molecule has 1 aliphatic rings. The van der Waals surface area contributed by atoms with Gasteiger partial charge in [0.2, 0.25) is 0 Å². The van der Waals surface area contributed by atoms with Gasteiger partial charge in [-0.2, -0.15) is 0 Å². The second-order valence-corrected chi connectivity index (χ2v) is 3.95. The summed E-state index contributed by atoms with van der Waals surface area (Å²) in [5.74, 6) is -0.893. The van der Waals surface area contributed by atoms with Crippen LogP contribution < -0.4 is 0 Å². The molecule has 0 saturated carbocycles. The highest BCUT2D eigenvalue weighted by Crippen LogP contribution is 2.19. The molecule has 1 atom stereocenters. The summed E-state index contributed by atoms with van der Waals surface area (Å²) >= 11 is 0. The number of rotatable bonds is 3. The van der Waals surface area contributed by atoms with E-state index in [0.717, 1.165) is 18.8 Å². The maximum atomic E-state index is 10.7. The van der Waals surface area contributed by atoms with Gasteiger partial charge in [0.05, 0.1) is 11.3 Å². The van der Waals surface area contributed by atoms with Crippen molar-refractivity contribution in [1.82, 2.24) is 9.88 Å². The molecule has 4 nitrogen and oxygen atoms in total. The van der Waals surface area contributed by atoms with Gasteiger partial charge >= 0.3 is 5.97 Å². The highest BCUT2D eigenvalue weighted by molar-refractivity contribution is 5.87. The Balaban J connectivity index is 2.08. The van der Waals surface area contributed by atoms with E-state index >= 15 is 0 Å². The number of likely N-dealkylation sites (tertiary alicyclic amines) is 1. The zero-order valence-electron chi connectivity index (χ0n) is 8.68. The second kappa shape index (κ2) is 3.98. The topological polar surface area (TPSA) is 53.4 Å². The first-order valence-corrected chi connectivity index (χ1v) is 5.09. The van der Waals surface area contributed by atoms with Gasteiger partial charge in [0.25, 0.3) is 0 Å². The molecule has 1 aliphatic heterocycles. The van der Waals surface area contributed by atoms with Gasteiger partial charge in [-0.15, -0.1) is 0 Å². The van der Waals surface area contributed by atoms with E-state index in [1.807, 2.05) is 0 Å². The maximum absolute atomic E-state index is 10.7. The summed E-state index contributed by atoms with van der Waals surface area (Å²) in [4.78, 5) is 17.2. The van der Waals surface area contributed by atoms with Crippen molar-refractivity contribution in [3.63, 3.8) is 0 Å². The summed E-state index contributed by atoms with van der Waals surface area (Å²) < 4.78 is 0. The van der Waals surface area contributed by atoms with E-state index in [0.29, 0.717) is 11.6 Å². The number of aromatic carboxylic acids is 1. The van der Waals surface area contributed by atoms with E-state index in [1.54, 1.807) is 12.3 Å². The van der Waals surface area contributed by atoms with Crippen LogP contribution in [0.5, 0.6) is 0 Å². The van der Waals surface area contributed by atoms with Crippen molar-refractivity contribution in [2.75, 3.05) is 6.54 Å². The fraction of sp³-hybridized carbons (Fsp3) is 0.455. The first-order valence-electron chi connectivity index (χ1n) is 5.09. The zero-order chi connectivity index (χ0) is 10.8. The molecule has 0 aromatic carbocycles. The minimum atomic E-state index is -0.893. The molecule has 1 aromatic heterocycles. The molecule has 0 aliphatic carbocycles. The number of nitrogens with zero attached hydrogens (tertiary/aromatic N) is 2. The Kier molecular flexibility index (Phi) is 2.68. The molecule has 15 heavy (non-hydrogen) atoms. The first-order chi connectivity index (χ1) is 7.16. The number of carboxylic acids is 1. The number of aromatic nitrogens is 1. The fourth-order valence-electron chi connectivity index (χ4n) is 1.71. The van der Waals surface area contributed by atoms with Crippen LogP contribution >= 0.6 is 0 Å². The molecule has 4 heteroatoms. The molecule has 1 N–H and O–H groups in total. The van der Waals surface area contributed by atoms with E-state index < -0.39 is 5.97 Å². The minimum Gasteiger partial charge on any atom is -0.478 e. The predicted octanol–water partition coefficient (Wildman–Crippen LogP) is 1.37. The van der Waals surface area contributed by atoms with Crippen LogP contribution in [0.1, 0.15) is 29.4 Å². The highest BCUT2D eigenvalue weighted by Gasteiger charge is 2.23. The lowest BCUT2D eigenvalue weighted by Crippen LogP contribution is -2.44. The molecule has 2 rings (SSSR count). The van der Waals surface area contributed by atoms with Crippen molar-refractivity contribution >= 4 is 5.97 Å². The van der Waals surface area contributed by atoms with Gasteiger partial charge in [0.15, 0.2) is 0 Å². The number of carboxylic acid groups (broad SMARTS) is 1. The Labute approximate surface area is 88.6 Å². The molecule has 0 amide bonds. The van der Waals surface area contributed by atoms with Crippen LogP contribution in [0.4, 0.5) is 0 Å². The summed E-state index contributed by atoms with van der Waals surface area (Å²) in [6.45, 7) is 4.01. The monoisotopic (exact) mass is 206 g/mol. The average molecular weight is 206 g/mol. The molecule has 1 saturated heterocycles. The fourth-order valence-corrected chi connectivity index (χ4v) is 1.71. The van der Waals surface area contributed by atoms with Crippen LogP contribution in [-0.4, -0.2) is 33.5 Å². The van der Waals surface area contributed by atoms with Crippen LogP contribution in [0.15, 0.2) is 18.3 Å². The Hall–Kier alpha value is -1.42. The standard InChI is InChI=1S/C11H14N2O2/c1-8-3-5-13(8)7-10-6-9(11(14)15)2-4-12-10/h2,4,6,8H,3,5,7H2,1H3,(H,14,15). The molecule has 2 heterocycles. The highest BCUT2D eigenvalue weighted by atomic mass is 16.4. The summed E-state index contributed by atoms with van der Waals surface area (Å²) in [5.41, 5.74) is 1.15. The van der Waals surface area contributed by atoms with Crippen LogP contribution in [0.3, 0.4) is 0 Å². The molecule has 1 unspecified atom stereocenters. The largest absolute Gasteiger partial charge is 0.478 e. The van der Waals surface area contributed by atoms with Gasteiger partial charge in [0.1, 0.15) is 0 Å². The van der Waals surface area contributed by atoms with Crippen molar-refractivity contribution in [1.29, 1.82) is 0 Å². The predicted molar refractivity (Wildman–Crippen MR) is 55.7 cm³/mol. The molecular formula is C11H14N2O2. The van der Waals surface area contributed by atoms with Crippen molar-refractivity contribution in [3.8, 4) is 0 Å². The van der Waals surface area contributed by atoms with E-state index in [9.17, 15) is 4.79 Å². The van der Waals surface area contributed by atoms with Gasteiger partial charge < -0.3 is 5.11 Å². The number of hydrogen-bond acceptors (Lipinski definition) is 3. The Morgan fingerprint density at radius 1 is 1.73 bits per heavy atom. The van der Waals surface area contributed by atoms with Crippen molar-refractivity contribution in [2.45, 2.75) is 25.9 Å². The van der Waals surface area contributed by atoms with Gasteiger partial charge in [-0.1, -0.05) is 0 Å². The van der Waals surface area contributed by atoms with Gasteiger partial charge in [-0.25, -0.2) is 4.79 Å². The molecule has 1 fully saturated rings. The number of hydrogen-bond donors (Lipinski definition) is 1. The van der Waals surface area contributed by atoms with Crippen molar-refractivity contribution in [2.24, 2.45) is 0 Å². The van der Waals surface area contributed by atoms with Crippen LogP contribution in [0.25, 0.3) is 0 Å². The van der Waals surface area contributed by atoms with Gasteiger partial charge in [-0.3, -0.25) is 9.88 Å². The van der Waals surface area contributed by atoms with Crippen LogP contribution in [0, 0.1) is 0 Å². The number of carbonyl (C=O) groups is 1. The van der Waals surface area contributed by atoms with Gasteiger partial charge in [-0.05, 0) is 25.5 Å². The summed E-state index contributed by atoms with van der Waals surface area (Å²) in [7, 11) is 0. The number of pyridine rings is 1. The lowest BCUT2D eigenvalue weighted by molar-refractivity contribution is 0.0695. The smallest absolute Gasteiger partial charge is 0.335 e. The lowest BCUT2D eigenvalue weighted by Gasteiger charge is -2.38. The maximum Gasteiger partial charge on any atom is 0.335 e. The Morgan fingerprint density at radius 3 is 3.07 bits per heavy atom. The molecule has 0 bridgehead atoms. The second-order valence-electron chi connectivity index (χ2n) is 3.95. The SMILES string of the molecule is CC1CCN1Cc1cc(C(=O)O)ccn1. The van der Waals surface area contributed by atoms with E-state index in [-0.39, 0.29) is 0 Å². The summed E-state index contributed by atoms with van der Waals surface area (Å²) in [5, 5.41) is 8.83. The van der Waals surface area contributed by atoms with Crippen LogP contribution in [0.2, 0.25) is 0 Å². The lowest BCUT2D eigenvalue weighted by atomic mass is 10.0. The molecule has 0 radical (unpaired) electrons. The minimum absolute atomic E-state index is 0.313. The van der Waals surface area contributed by atoms with Gasteiger partial charge in [0, 0.05) is 25.3 Å². The third-order valence-corrected chi connectivity index (χ3v) is 2.89. The first kappa shape index (κ1) is 10.1. The zero-order valence-corrected chi connectivity index (χ0v) is 8.68. The van der Waals surface area contributed by atoms with Crippen LogP contribution in [-0.2, 0) is 6.54 Å². The van der Waals surface area contributed by atoms with E-state index in [1.165, 1.54) is 12.5 Å². The molecular weight excluding hydrogens is 192 g/mol. The van der Waals surface area contributed by atoms with E-state index in [2.05, 4.69) is 16.8 Å². The van der Waals surface area contributed by atoms with Crippen molar-refractivity contribution in [3.05, 3.63) is 29.6 Å². The third-order valence-electron chi connectivity index (χ3n) is 2.89. The molecule has 0 spiro atoms. The Bertz CT molecular complexity index is 379. The quantitative estimate of drug-likeness (QED) is 0.811. The van der Waals surface area contributed by atoms with Crippen molar-refractivity contribution < 1.29 is 9.90 Å². The average Bonchev–Trinajstić information content (AvgIpc) is 2.24. The normalized spacial score (nSPS) is 21.0. The van der Waals surface area contributed by atoms with E-state index in [4.69, 9.17) is 5.11 Å². The molecule has 1 aromatic rings. The summed E-state index contributed by atoms with van der Waals surface area (Å²) in [6, 6.07) is 3.76. The molecule has 80 valence electrons.